The molecule has 1 aliphatic rings. The maximum atomic E-state index is 5.48. The predicted molar refractivity (Wildman–Crippen MR) is 109 cm³/mol. The molecule has 1 N–H and O–H groups in total. The Balaban J connectivity index is 1.57. The van der Waals surface area contributed by atoms with Crippen LogP contribution in [0.1, 0.15) is 46.8 Å². The molecule has 1 heterocycles. The van der Waals surface area contributed by atoms with Crippen LogP contribution in [0.4, 0.5) is 0 Å². The third kappa shape index (κ3) is 3.50. The van der Waals surface area contributed by atoms with E-state index in [0.717, 1.165) is 30.8 Å². The van der Waals surface area contributed by atoms with E-state index >= 15 is 0 Å². The van der Waals surface area contributed by atoms with Crippen molar-refractivity contribution in [2.75, 3.05) is 7.11 Å². The van der Waals surface area contributed by atoms with Gasteiger partial charge in [-0.1, -0.05) is 24.3 Å². The number of rotatable bonds is 5. The van der Waals surface area contributed by atoms with Crippen molar-refractivity contribution in [3.8, 4) is 11.4 Å². The number of nitrogens with zero attached hydrogens (tertiary/aromatic N) is 2. The fourth-order valence-electron chi connectivity index (χ4n) is 3.93. The summed E-state index contributed by atoms with van der Waals surface area (Å²) < 4.78 is 7.60. The van der Waals surface area contributed by atoms with E-state index in [2.05, 4.69) is 54.2 Å². The first-order valence-electron chi connectivity index (χ1n) is 9.67. The lowest BCUT2D eigenvalue weighted by atomic mass is 9.92. The quantitative estimate of drug-likeness (QED) is 0.718. The molecule has 4 nitrogen and oxygen atoms in total. The zero-order valence-electron chi connectivity index (χ0n) is 16.3. The number of aromatic nitrogens is 2. The second kappa shape index (κ2) is 7.57. The summed E-state index contributed by atoms with van der Waals surface area (Å²) >= 11 is 0. The van der Waals surface area contributed by atoms with E-state index in [1.165, 1.54) is 34.4 Å². The third-order valence-corrected chi connectivity index (χ3v) is 5.65. The monoisotopic (exact) mass is 361 g/mol. The van der Waals surface area contributed by atoms with Crippen LogP contribution >= 0.6 is 0 Å². The Labute approximate surface area is 161 Å². The zero-order chi connectivity index (χ0) is 18.8. The van der Waals surface area contributed by atoms with Gasteiger partial charge in [-0.15, -0.1) is 0 Å². The summed E-state index contributed by atoms with van der Waals surface area (Å²) in [6.07, 6.45) is 5.44. The van der Waals surface area contributed by atoms with Crippen LogP contribution in [0.5, 0.6) is 5.75 Å². The highest BCUT2D eigenvalue weighted by Gasteiger charge is 2.24. The SMILES string of the molecule is COc1ccccc1CN[C@H]1CCCc2c1cnn2-c1ccc(C)c(C)c1. The molecule has 4 rings (SSSR count). The van der Waals surface area contributed by atoms with Crippen molar-refractivity contribution < 1.29 is 4.74 Å². The second-order valence-electron chi connectivity index (χ2n) is 7.36. The highest BCUT2D eigenvalue weighted by molar-refractivity contribution is 5.42. The Hall–Kier alpha value is -2.59. The van der Waals surface area contributed by atoms with E-state index < -0.39 is 0 Å². The number of fused-ring (bicyclic) bond motifs is 1. The van der Waals surface area contributed by atoms with Crippen molar-refractivity contribution in [1.29, 1.82) is 0 Å². The van der Waals surface area contributed by atoms with E-state index in [4.69, 9.17) is 9.84 Å². The minimum absolute atomic E-state index is 0.332. The molecule has 0 saturated heterocycles. The van der Waals surface area contributed by atoms with Gasteiger partial charge in [-0.2, -0.15) is 5.10 Å². The molecule has 4 heteroatoms. The van der Waals surface area contributed by atoms with Crippen molar-refractivity contribution in [3.05, 3.63) is 76.6 Å². The molecule has 140 valence electrons. The fraction of sp³-hybridized carbons (Fsp3) is 0.348. The van der Waals surface area contributed by atoms with Crippen LogP contribution in [0.15, 0.2) is 48.7 Å². The first-order chi connectivity index (χ1) is 13.2. The van der Waals surface area contributed by atoms with Gasteiger partial charge in [-0.05, 0) is 62.4 Å². The molecule has 1 atom stereocenters. The minimum atomic E-state index is 0.332. The predicted octanol–water partition coefficient (Wildman–Crippen LogP) is 4.66. The summed E-state index contributed by atoms with van der Waals surface area (Å²) in [7, 11) is 1.73. The van der Waals surface area contributed by atoms with Gasteiger partial charge in [-0.3, -0.25) is 0 Å². The topological polar surface area (TPSA) is 39.1 Å². The molecule has 0 saturated carbocycles. The first kappa shape index (κ1) is 17.8. The van der Waals surface area contributed by atoms with Gasteiger partial charge < -0.3 is 10.1 Å². The third-order valence-electron chi connectivity index (χ3n) is 5.65. The molecule has 3 aromatic rings. The van der Waals surface area contributed by atoms with Gasteiger partial charge in [0.05, 0.1) is 19.0 Å². The van der Waals surface area contributed by atoms with Gasteiger partial charge in [-0.25, -0.2) is 4.68 Å². The summed E-state index contributed by atoms with van der Waals surface area (Å²) in [4.78, 5) is 0. The molecule has 1 aliphatic carbocycles. The van der Waals surface area contributed by atoms with Crippen LogP contribution in [-0.4, -0.2) is 16.9 Å². The number of methoxy groups -OCH3 is 1. The standard InChI is InChI=1S/C23H27N3O/c1-16-11-12-19(13-17(16)2)26-22-9-6-8-21(20(22)15-25-26)24-14-18-7-4-5-10-23(18)27-3/h4-5,7,10-13,15,21,24H,6,8-9,14H2,1-3H3/t21-/m0/s1. The Morgan fingerprint density at radius 1 is 1.15 bits per heavy atom. The van der Waals surface area contributed by atoms with Crippen LogP contribution in [0.3, 0.4) is 0 Å². The van der Waals surface area contributed by atoms with Crippen LogP contribution in [0.25, 0.3) is 5.69 Å². The molecular formula is C23H27N3O. The average molecular weight is 361 g/mol. The molecule has 0 unspecified atom stereocenters. The number of para-hydroxylation sites is 1. The van der Waals surface area contributed by atoms with Gasteiger partial charge in [0.15, 0.2) is 0 Å². The van der Waals surface area contributed by atoms with Crippen LogP contribution in [0.2, 0.25) is 0 Å². The Kier molecular flexibility index (Phi) is 4.99. The van der Waals surface area contributed by atoms with E-state index in [0.29, 0.717) is 6.04 Å². The summed E-state index contributed by atoms with van der Waals surface area (Å²) in [5.41, 5.74) is 7.63. The molecule has 0 fully saturated rings. The molecule has 0 amide bonds. The highest BCUT2D eigenvalue weighted by atomic mass is 16.5. The molecule has 0 spiro atoms. The second-order valence-corrected chi connectivity index (χ2v) is 7.36. The molecule has 1 aromatic heterocycles. The Bertz CT molecular complexity index is 945. The number of aryl methyl sites for hydroxylation is 2. The van der Waals surface area contributed by atoms with Gasteiger partial charge in [0.1, 0.15) is 5.75 Å². The van der Waals surface area contributed by atoms with E-state index in [-0.39, 0.29) is 0 Å². The van der Waals surface area contributed by atoms with Gasteiger partial charge in [0.25, 0.3) is 0 Å². The number of hydrogen-bond donors (Lipinski definition) is 1. The minimum Gasteiger partial charge on any atom is -0.496 e. The molecule has 0 bridgehead atoms. The van der Waals surface area contributed by atoms with Crippen LogP contribution in [-0.2, 0) is 13.0 Å². The molecular weight excluding hydrogens is 334 g/mol. The van der Waals surface area contributed by atoms with E-state index in [1.54, 1.807) is 7.11 Å². The summed E-state index contributed by atoms with van der Waals surface area (Å²) in [6.45, 7) is 5.10. The number of ether oxygens (including phenoxy) is 1. The number of benzene rings is 2. The lowest BCUT2D eigenvalue weighted by molar-refractivity contribution is 0.401. The Morgan fingerprint density at radius 2 is 2.00 bits per heavy atom. The maximum Gasteiger partial charge on any atom is 0.123 e. The Morgan fingerprint density at radius 3 is 2.81 bits per heavy atom. The largest absolute Gasteiger partial charge is 0.496 e. The molecule has 0 aliphatic heterocycles. The lowest BCUT2D eigenvalue weighted by Gasteiger charge is -2.25. The van der Waals surface area contributed by atoms with E-state index in [9.17, 15) is 0 Å². The van der Waals surface area contributed by atoms with Gasteiger partial charge >= 0.3 is 0 Å². The first-order valence-corrected chi connectivity index (χ1v) is 9.67. The summed E-state index contributed by atoms with van der Waals surface area (Å²) in [6, 6.07) is 15.1. The van der Waals surface area contributed by atoms with Crippen molar-refractivity contribution in [2.24, 2.45) is 0 Å². The van der Waals surface area contributed by atoms with E-state index in [1.807, 2.05) is 18.3 Å². The van der Waals surface area contributed by atoms with Crippen molar-refractivity contribution in [2.45, 2.75) is 45.7 Å². The molecule has 0 radical (unpaired) electrons. The molecule has 27 heavy (non-hydrogen) atoms. The van der Waals surface area contributed by atoms with Gasteiger partial charge in [0, 0.05) is 29.4 Å². The number of nitrogens with one attached hydrogen (secondary N) is 1. The smallest absolute Gasteiger partial charge is 0.123 e. The van der Waals surface area contributed by atoms with Crippen LogP contribution < -0.4 is 10.1 Å². The molecule has 2 aromatic carbocycles. The fourth-order valence-corrected chi connectivity index (χ4v) is 3.93. The summed E-state index contributed by atoms with van der Waals surface area (Å²) in [5.74, 6) is 0.937. The normalized spacial score (nSPS) is 16.2. The number of hydrogen-bond acceptors (Lipinski definition) is 3. The van der Waals surface area contributed by atoms with Gasteiger partial charge in [0.2, 0.25) is 0 Å². The highest BCUT2D eigenvalue weighted by Crippen LogP contribution is 2.32. The summed E-state index contributed by atoms with van der Waals surface area (Å²) in [5, 5.41) is 8.45. The van der Waals surface area contributed by atoms with Crippen molar-refractivity contribution in [1.82, 2.24) is 15.1 Å². The van der Waals surface area contributed by atoms with Crippen molar-refractivity contribution in [3.63, 3.8) is 0 Å². The zero-order valence-corrected chi connectivity index (χ0v) is 16.3. The maximum absolute atomic E-state index is 5.48. The average Bonchev–Trinajstić information content (AvgIpc) is 3.13. The lowest BCUT2D eigenvalue weighted by Crippen LogP contribution is -2.25. The van der Waals surface area contributed by atoms with Crippen LogP contribution in [0, 0.1) is 13.8 Å². The van der Waals surface area contributed by atoms with Crippen molar-refractivity contribution >= 4 is 0 Å².